The van der Waals surface area contributed by atoms with Crippen molar-refractivity contribution in [3.8, 4) is 6.07 Å². The van der Waals surface area contributed by atoms with E-state index in [1.165, 1.54) is 0 Å². The van der Waals surface area contributed by atoms with Crippen LogP contribution in [0.25, 0.3) is 10.8 Å². The van der Waals surface area contributed by atoms with Gasteiger partial charge in [0, 0.05) is 29.5 Å². The number of ether oxygens (including phenoxy) is 1. The van der Waals surface area contributed by atoms with Crippen LogP contribution < -0.4 is 10.6 Å². The molecule has 0 aliphatic rings. The number of hydrogen-bond acceptors (Lipinski definition) is 4. The zero-order valence-electron chi connectivity index (χ0n) is 13.6. The van der Waals surface area contributed by atoms with Gasteiger partial charge in [-0.2, -0.15) is 5.26 Å². The van der Waals surface area contributed by atoms with Crippen LogP contribution in [0.4, 0.5) is 10.5 Å². The monoisotopic (exact) mass is 311 g/mol. The number of fused-ring (bicyclic) bond motifs is 1. The van der Waals surface area contributed by atoms with Crippen molar-refractivity contribution in [2.75, 3.05) is 18.4 Å². The minimum Gasteiger partial charge on any atom is -0.444 e. The predicted octanol–water partition coefficient (Wildman–Crippen LogP) is 3.65. The van der Waals surface area contributed by atoms with Crippen molar-refractivity contribution < 1.29 is 9.53 Å². The van der Waals surface area contributed by atoms with E-state index in [1.54, 1.807) is 6.07 Å². The van der Waals surface area contributed by atoms with E-state index in [2.05, 4.69) is 16.7 Å². The molecule has 0 fully saturated rings. The number of rotatable bonds is 4. The van der Waals surface area contributed by atoms with Crippen molar-refractivity contribution in [2.24, 2.45) is 0 Å². The lowest BCUT2D eigenvalue weighted by atomic mass is 10.0. The van der Waals surface area contributed by atoms with Gasteiger partial charge in [0.1, 0.15) is 5.60 Å². The maximum Gasteiger partial charge on any atom is 0.407 e. The first-order chi connectivity index (χ1) is 10.9. The van der Waals surface area contributed by atoms with Gasteiger partial charge in [-0.15, -0.1) is 0 Å². The lowest BCUT2D eigenvalue weighted by molar-refractivity contribution is 0.0530. The normalized spacial score (nSPS) is 10.9. The van der Waals surface area contributed by atoms with Crippen molar-refractivity contribution in [3.05, 3.63) is 42.0 Å². The molecule has 0 aliphatic heterocycles. The van der Waals surface area contributed by atoms with E-state index >= 15 is 0 Å². The maximum absolute atomic E-state index is 11.6. The number of carbonyl (C=O) groups excluding carboxylic acids is 1. The fraction of sp³-hybridized carbons (Fsp3) is 0.333. The summed E-state index contributed by atoms with van der Waals surface area (Å²) in [4.78, 5) is 11.6. The van der Waals surface area contributed by atoms with E-state index in [-0.39, 0.29) is 0 Å². The van der Waals surface area contributed by atoms with Crippen molar-refractivity contribution in [1.29, 1.82) is 5.26 Å². The number of nitriles is 1. The summed E-state index contributed by atoms with van der Waals surface area (Å²) >= 11 is 0. The highest BCUT2D eigenvalue weighted by atomic mass is 16.6. The second-order valence-electron chi connectivity index (χ2n) is 6.17. The van der Waals surface area contributed by atoms with Crippen LogP contribution in [-0.2, 0) is 4.74 Å². The van der Waals surface area contributed by atoms with E-state index in [4.69, 9.17) is 10.00 Å². The topological polar surface area (TPSA) is 74.2 Å². The molecule has 2 aromatic rings. The minimum atomic E-state index is -0.499. The molecule has 120 valence electrons. The third kappa shape index (κ3) is 4.62. The standard InChI is InChI=1S/C18H21N3O2/c1-18(2,3)23-17(22)21-11-10-20-16-9-8-13(12-19)14-6-4-5-7-15(14)16/h4-9,20H,10-11H2,1-3H3,(H,21,22). The predicted molar refractivity (Wildman–Crippen MR) is 91.4 cm³/mol. The molecule has 0 heterocycles. The van der Waals surface area contributed by atoms with Gasteiger partial charge in [0.15, 0.2) is 0 Å². The van der Waals surface area contributed by atoms with Crippen LogP contribution in [0.3, 0.4) is 0 Å². The SMILES string of the molecule is CC(C)(C)OC(=O)NCCNc1ccc(C#N)c2ccccc12. The quantitative estimate of drug-likeness (QED) is 0.845. The van der Waals surface area contributed by atoms with Crippen LogP contribution in [0.1, 0.15) is 26.3 Å². The average Bonchev–Trinajstić information content (AvgIpc) is 2.49. The number of anilines is 1. The Balaban J connectivity index is 1.96. The lowest BCUT2D eigenvalue weighted by Gasteiger charge is -2.19. The summed E-state index contributed by atoms with van der Waals surface area (Å²) in [6.45, 7) is 6.49. The van der Waals surface area contributed by atoms with Gasteiger partial charge in [-0.05, 0) is 32.9 Å². The molecule has 0 atom stereocenters. The second-order valence-corrected chi connectivity index (χ2v) is 6.17. The molecule has 0 spiro atoms. The summed E-state index contributed by atoms with van der Waals surface area (Å²) in [7, 11) is 0. The van der Waals surface area contributed by atoms with Crippen LogP contribution in [-0.4, -0.2) is 24.8 Å². The molecule has 0 aromatic heterocycles. The molecule has 2 aromatic carbocycles. The number of amides is 1. The largest absolute Gasteiger partial charge is 0.444 e. The fourth-order valence-electron chi connectivity index (χ4n) is 2.23. The molecule has 2 rings (SSSR count). The zero-order valence-corrected chi connectivity index (χ0v) is 13.6. The van der Waals surface area contributed by atoms with Gasteiger partial charge in [0.25, 0.3) is 0 Å². The van der Waals surface area contributed by atoms with Gasteiger partial charge in [0.2, 0.25) is 0 Å². The van der Waals surface area contributed by atoms with E-state index in [0.29, 0.717) is 18.7 Å². The van der Waals surface area contributed by atoms with Gasteiger partial charge in [-0.1, -0.05) is 24.3 Å². The highest BCUT2D eigenvalue weighted by Gasteiger charge is 2.15. The van der Waals surface area contributed by atoms with E-state index in [9.17, 15) is 4.79 Å². The molecular weight excluding hydrogens is 290 g/mol. The first-order valence-corrected chi connectivity index (χ1v) is 7.53. The summed E-state index contributed by atoms with van der Waals surface area (Å²) in [6, 6.07) is 13.6. The third-order valence-electron chi connectivity index (χ3n) is 3.15. The second kappa shape index (κ2) is 7.01. The third-order valence-corrected chi connectivity index (χ3v) is 3.15. The summed E-state index contributed by atoms with van der Waals surface area (Å²) in [6.07, 6.45) is -0.427. The molecule has 5 nitrogen and oxygen atoms in total. The number of hydrogen-bond donors (Lipinski definition) is 2. The van der Waals surface area contributed by atoms with Gasteiger partial charge < -0.3 is 15.4 Å². The van der Waals surface area contributed by atoms with Crippen LogP contribution in [0, 0.1) is 11.3 Å². The van der Waals surface area contributed by atoms with Gasteiger partial charge in [-0.25, -0.2) is 4.79 Å². The van der Waals surface area contributed by atoms with Gasteiger partial charge >= 0.3 is 6.09 Å². The van der Waals surface area contributed by atoms with E-state index in [0.717, 1.165) is 16.5 Å². The van der Waals surface area contributed by atoms with Gasteiger partial charge in [0.05, 0.1) is 11.6 Å². The molecule has 0 bridgehead atoms. The number of alkyl carbamates (subject to hydrolysis) is 1. The van der Waals surface area contributed by atoms with Gasteiger partial charge in [-0.3, -0.25) is 0 Å². The van der Waals surface area contributed by atoms with Crippen LogP contribution in [0.5, 0.6) is 0 Å². The van der Waals surface area contributed by atoms with E-state index < -0.39 is 11.7 Å². The molecule has 0 aliphatic carbocycles. The van der Waals surface area contributed by atoms with Crippen molar-refractivity contribution in [2.45, 2.75) is 26.4 Å². The summed E-state index contributed by atoms with van der Waals surface area (Å²) in [5, 5.41) is 17.1. The van der Waals surface area contributed by atoms with Crippen LogP contribution in [0.2, 0.25) is 0 Å². The summed E-state index contributed by atoms with van der Waals surface area (Å²) < 4.78 is 5.18. The molecule has 0 saturated heterocycles. The Kier molecular flexibility index (Phi) is 5.07. The molecule has 2 N–H and O–H groups in total. The molecule has 5 heteroatoms. The summed E-state index contributed by atoms with van der Waals surface area (Å²) in [5.41, 5.74) is 1.09. The van der Waals surface area contributed by atoms with Crippen LogP contribution >= 0.6 is 0 Å². The Morgan fingerprint density at radius 1 is 1.13 bits per heavy atom. The first kappa shape index (κ1) is 16.6. The maximum atomic E-state index is 11.6. The van der Waals surface area contributed by atoms with Crippen molar-refractivity contribution >= 4 is 22.6 Å². The molecule has 23 heavy (non-hydrogen) atoms. The molecule has 0 unspecified atom stereocenters. The Morgan fingerprint density at radius 3 is 2.48 bits per heavy atom. The zero-order chi connectivity index (χ0) is 16.9. The van der Waals surface area contributed by atoms with E-state index in [1.807, 2.05) is 51.1 Å². The highest BCUT2D eigenvalue weighted by molar-refractivity contribution is 5.97. The fourth-order valence-corrected chi connectivity index (χ4v) is 2.23. The highest BCUT2D eigenvalue weighted by Crippen LogP contribution is 2.26. The Hall–Kier alpha value is -2.74. The minimum absolute atomic E-state index is 0.427. The summed E-state index contributed by atoms with van der Waals surface area (Å²) in [5.74, 6) is 0. The number of benzene rings is 2. The average molecular weight is 311 g/mol. The Morgan fingerprint density at radius 2 is 1.83 bits per heavy atom. The van der Waals surface area contributed by atoms with Crippen molar-refractivity contribution in [3.63, 3.8) is 0 Å². The van der Waals surface area contributed by atoms with Crippen molar-refractivity contribution in [1.82, 2.24) is 5.32 Å². The number of carbonyl (C=O) groups is 1. The first-order valence-electron chi connectivity index (χ1n) is 7.53. The van der Waals surface area contributed by atoms with Crippen LogP contribution in [0.15, 0.2) is 36.4 Å². The number of nitrogens with one attached hydrogen (secondary N) is 2. The molecule has 1 amide bonds. The smallest absolute Gasteiger partial charge is 0.407 e. The molecule has 0 saturated carbocycles. The molecule has 0 radical (unpaired) electrons. The Bertz CT molecular complexity index is 742. The molecular formula is C18H21N3O2. The lowest BCUT2D eigenvalue weighted by Crippen LogP contribution is -2.35. The Labute approximate surface area is 136 Å². The number of nitrogens with zero attached hydrogens (tertiary/aromatic N) is 1.